The Balaban J connectivity index is 0.975. The highest BCUT2D eigenvalue weighted by Gasteiger charge is 2.62. The van der Waals surface area contributed by atoms with Gasteiger partial charge in [-0.05, 0) is 161 Å². The van der Waals surface area contributed by atoms with Gasteiger partial charge in [0.05, 0.1) is 0 Å². The standard InChI is InChI=1S/C58H44/c1-2-14-40(15-3-1)55-47-20-7-9-22-49(47)56(50-23-10-8-21-48(50)55)46-19-6-4-16-43(46)38-26-28-39(29-27-38)52-35-53-45-18-12-13-25-54(45)58(57(53)51-24-11-5-17-44(51)52)41-31-36-30-37(33-41)34-42(58)32-36/h1-29,35-37,41-42H,30-34H2. The third-order valence-electron chi connectivity index (χ3n) is 15.2. The molecule has 0 heterocycles. The molecule has 276 valence electrons. The summed E-state index contributed by atoms with van der Waals surface area (Å²) in [4.78, 5) is 0. The van der Waals surface area contributed by atoms with Crippen molar-refractivity contribution in [3.8, 4) is 55.6 Å². The summed E-state index contributed by atoms with van der Waals surface area (Å²) in [5.74, 6) is 3.38. The maximum absolute atomic E-state index is 2.59. The summed E-state index contributed by atoms with van der Waals surface area (Å²) < 4.78 is 0. The largest absolute Gasteiger partial charge is 0.0622 e. The molecule has 4 saturated carbocycles. The molecule has 0 atom stereocenters. The average Bonchev–Trinajstić information content (AvgIpc) is 3.58. The molecular weight excluding hydrogens is 697 g/mol. The Kier molecular flexibility index (Phi) is 7.00. The number of benzene rings is 9. The van der Waals surface area contributed by atoms with Crippen molar-refractivity contribution in [2.24, 2.45) is 23.7 Å². The first-order valence-electron chi connectivity index (χ1n) is 21.6. The van der Waals surface area contributed by atoms with E-state index in [4.69, 9.17) is 0 Å². The van der Waals surface area contributed by atoms with Gasteiger partial charge in [0.2, 0.25) is 0 Å². The van der Waals surface area contributed by atoms with Crippen molar-refractivity contribution in [2.75, 3.05) is 0 Å². The summed E-state index contributed by atoms with van der Waals surface area (Å²) in [6, 6.07) is 68.9. The van der Waals surface area contributed by atoms with Gasteiger partial charge in [0.1, 0.15) is 0 Å². The normalized spacial score (nSPS) is 22.6. The van der Waals surface area contributed by atoms with Crippen molar-refractivity contribution in [3.05, 3.63) is 193 Å². The highest BCUT2D eigenvalue weighted by atomic mass is 14.6. The SMILES string of the molecule is c1ccc(-c2c3ccccc3c(-c3ccccc3-c3ccc(-c4cc5c(c6ccccc46)C4(c6ccccc6-5)C5CC6CC(C5)CC4C6)cc3)c3ccccc23)cc1. The lowest BCUT2D eigenvalue weighted by Gasteiger charge is -2.61. The van der Waals surface area contributed by atoms with E-state index >= 15 is 0 Å². The zero-order valence-corrected chi connectivity index (χ0v) is 32.7. The van der Waals surface area contributed by atoms with Crippen LogP contribution >= 0.6 is 0 Å². The minimum Gasteiger partial charge on any atom is -0.0622 e. The quantitative estimate of drug-likeness (QED) is 0.158. The Bertz CT molecular complexity index is 3020. The summed E-state index contributed by atoms with van der Waals surface area (Å²) in [6.07, 6.45) is 7.10. The second kappa shape index (κ2) is 12.4. The van der Waals surface area contributed by atoms with Gasteiger partial charge < -0.3 is 0 Å². The van der Waals surface area contributed by atoms with E-state index < -0.39 is 0 Å². The van der Waals surface area contributed by atoms with Crippen LogP contribution in [0, 0.1) is 23.7 Å². The number of rotatable bonds is 4. The molecular formula is C58H44. The molecule has 5 aliphatic rings. The molecule has 9 aromatic carbocycles. The molecule has 0 aliphatic heterocycles. The van der Waals surface area contributed by atoms with Crippen molar-refractivity contribution in [3.63, 3.8) is 0 Å². The molecule has 14 rings (SSSR count). The van der Waals surface area contributed by atoms with Crippen LogP contribution in [0.4, 0.5) is 0 Å². The molecule has 0 amide bonds. The molecule has 0 unspecified atom stereocenters. The molecule has 5 aliphatic carbocycles. The maximum Gasteiger partial charge on any atom is 0.0278 e. The maximum atomic E-state index is 2.59. The van der Waals surface area contributed by atoms with Crippen molar-refractivity contribution in [2.45, 2.75) is 37.5 Å². The lowest BCUT2D eigenvalue weighted by atomic mass is 9.43. The Morgan fingerprint density at radius 1 is 0.310 bits per heavy atom. The Morgan fingerprint density at radius 3 is 1.40 bits per heavy atom. The predicted octanol–water partition coefficient (Wildman–Crippen LogP) is 15.5. The number of hydrogen-bond donors (Lipinski definition) is 0. The van der Waals surface area contributed by atoms with Gasteiger partial charge in [0, 0.05) is 5.41 Å². The molecule has 4 bridgehead atoms. The molecule has 9 aromatic rings. The summed E-state index contributed by atoms with van der Waals surface area (Å²) in [7, 11) is 0. The van der Waals surface area contributed by atoms with E-state index in [1.807, 2.05) is 0 Å². The average molecular weight is 741 g/mol. The fourth-order valence-electron chi connectivity index (χ4n) is 13.4. The van der Waals surface area contributed by atoms with Crippen molar-refractivity contribution in [1.29, 1.82) is 0 Å². The second-order valence-corrected chi connectivity index (χ2v) is 17.9. The van der Waals surface area contributed by atoms with Crippen molar-refractivity contribution < 1.29 is 0 Å². The molecule has 0 radical (unpaired) electrons. The molecule has 0 heteroatoms. The first-order chi connectivity index (χ1) is 28.8. The third kappa shape index (κ3) is 4.47. The van der Waals surface area contributed by atoms with Gasteiger partial charge in [-0.1, -0.05) is 176 Å². The van der Waals surface area contributed by atoms with Crippen LogP contribution in [-0.4, -0.2) is 0 Å². The van der Waals surface area contributed by atoms with Crippen LogP contribution in [-0.2, 0) is 5.41 Å². The van der Waals surface area contributed by atoms with Gasteiger partial charge in [0.15, 0.2) is 0 Å². The van der Waals surface area contributed by atoms with E-state index in [1.54, 1.807) is 11.1 Å². The van der Waals surface area contributed by atoms with Gasteiger partial charge in [0.25, 0.3) is 0 Å². The Labute approximate surface area is 340 Å². The first kappa shape index (κ1) is 32.8. The van der Waals surface area contributed by atoms with Gasteiger partial charge in [-0.25, -0.2) is 0 Å². The fraction of sp³-hybridized carbons (Fsp3) is 0.172. The van der Waals surface area contributed by atoms with E-state index in [2.05, 4.69) is 182 Å². The Morgan fingerprint density at radius 2 is 0.776 bits per heavy atom. The van der Waals surface area contributed by atoms with Crippen LogP contribution < -0.4 is 0 Å². The smallest absolute Gasteiger partial charge is 0.0278 e. The molecule has 0 N–H and O–H groups in total. The van der Waals surface area contributed by atoms with Crippen molar-refractivity contribution in [1.82, 2.24) is 0 Å². The first-order valence-corrected chi connectivity index (χ1v) is 21.6. The van der Waals surface area contributed by atoms with Crippen LogP contribution in [0.3, 0.4) is 0 Å². The minimum atomic E-state index is 0.151. The highest BCUT2D eigenvalue weighted by molar-refractivity contribution is 6.22. The fourth-order valence-corrected chi connectivity index (χ4v) is 13.4. The van der Waals surface area contributed by atoms with Crippen LogP contribution in [0.2, 0.25) is 0 Å². The summed E-state index contributed by atoms with van der Waals surface area (Å²) >= 11 is 0. The van der Waals surface area contributed by atoms with Crippen LogP contribution in [0.15, 0.2) is 182 Å². The van der Waals surface area contributed by atoms with Crippen LogP contribution in [0.5, 0.6) is 0 Å². The van der Waals surface area contributed by atoms with E-state index in [0.717, 1.165) is 23.7 Å². The van der Waals surface area contributed by atoms with E-state index in [-0.39, 0.29) is 5.41 Å². The van der Waals surface area contributed by atoms with E-state index in [1.165, 1.54) is 120 Å². The van der Waals surface area contributed by atoms with E-state index in [0.29, 0.717) is 0 Å². The molecule has 0 aromatic heterocycles. The zero-order valence-electron chi connectivity index (χ0n) is 32.7. The monoisotopic (exact) mass is 740 g/mol. The molecule has 0 nitrogen and oxygen atoms in total. The van der Waals surface area contributed by atoms with Gasteiger partial charge in [-0.15, -0.1) is 0 Å². The molecule has 4 fully saturated rings. The van der Waals surface area contributed by atoms with Crippen LogP contribution in [0.1, 0.15) is 43.2 Å². The second-order valence-electron chi connectivity index (χ2n) is 17.9. The van der Waals surface area contributed by atoms with E-state index in [9.17, 15) is 0 Å². The number of fused-ring (bicyclic) bond motifs is 7. The Hall–Kier alpha value is -6.24. The highest BCUT2D eigenvalue weighted by Crippen LogP contribution is 2.70. The summed E-state index contributed by atoms with van der Waals surface area (Å²) in [6.45, 7) is 0. The van der Waals surface area contributed by atoms with Crippen LogP contribution in [0.25, 0.3) is 88.0 Å². The molecule has 58 heavy (non-hydrogen) atoms. The minimum absolute atomic E-state index is 0.151. The van der Waals surface area contributed by atoms with Gasteiger partial charge in [-0.2, -0.15) is 0 Å². The summed E-state index contributed by atoms with van der Waals surface area (Å²) in [5, 5.41) is 8.01. The summed E-state index contributed by atoms with van der Waals surface area (Å²) in [5.41, 5.74) is 16.7. The van der Waals surface area contributed by atoms with Gasteiger partial charge in [-0.3, -0.25) is 0 Å². The van der Waals surface area contributed by atoms with Crippen molar-refractivity contribution >= 4 is 32.3 Å². The predicted molar refractivity (Wildman–Crippen MR) is 244 cm³/mol. The lowest BCUT2D eigenvalue weighted by molar-refractivity contribution is -0.0393. The number of hydrogen-bond acceptors (Lipinski definition) is 0. The van der Waals surface area contributed by atoms with Gasteiger partial charge >= 0.3 is 0 Å². The molecule has 0 saturated heterocycles. The lowest BCUT2D eigenvalue weighted by Crippen LogP contribution is -2.55. The molecule has 1 spiro atoms. The third-order valence-corrected chi connectivity index (χ3v) is 15.2. The topological polar surface area (TPSA) is 0 Å². The zero-order chi connectivity index (χ0) is 38.0.